The Morgan fingerprint density at radius 1 is 1.42 bits per heavy atom. The Balaban J connectivity index is 1.96. The molecule has 1 aliphatic carbocycles. The Hall–Kier alpha value is -0.610. The Morgan fingerprint density at radius 2 is 2.16 bits per heavy atom. The number of hydrogen-bond acceptors (Lipinski definition) is 3. The van der Waals surface area contributed by atoms with Gasteiger partial charge in [0.1, 0.15) is 0 Å². The van der Waals surface area contributed by atoms with Gasteiger partial charge in [-0.2, -0.15) is 0 Å². The molecule has 0 spiro atoms. The van der Waals surface area contributed by atoms with E-state index in [-0.39, 0.29) is 5.41 Å². The molecule has 1 saturated heterocycles. The number of ether oxygens (including phenoxy) is 1. The zero-order chi connectivity index (χ0) is 13.7. The van der Waals surface area contributed by atoms with Crippen LogP contribution in [0.5, 0.6) is 0 Å². The Labute approximate surface area is 116 Å². The molecule has 1 amide bonds. The summed E-state index contributed by atoms with van der Waals surface area (Å²) < 4.78 is 5.22. The molecule has 2 aliphatic rings. The first kappa shape index (κ1) is 14.8. The second-order valence-electron chi connectivity index (χ2n) is 6.19. The highest BCUT2D eigenvalue weighted by atomic mass is 16.5. The Bertz CT molecular complexity index is 301. The van der Waals surface area contributed by atoms with Gasteiger partial charge in [-0.05, 0) is 45.2 Å². The zero-order valence-corrected chi connectivity index (χ0v) is 12.4. The minimum Gasteiger partial charge on any atom is -0.385 e. The maximum atomic E-state index is 12.9. The Morgan fingerprint density at radius 3 is 2.79 bits per heavy atom. The highest BCUT2D eigenvalue weighted by Gasteiger charge is 2.44. The summed E-state index contributed by atoms with van der Waals surface area (Å²) in [5.74, 6) is 1.04. The molecule has 1 saturated carbocycles. The van der Waals surface area contributed by atoms with Crippen LogP contribution in [0.15, 0.2) is 0 Å². The molecule has 0 bridgehead atoms. The molecule has 1 atom stereocenters. The third kappa shape index (κ3) is 3.29. The lowest BCUT2D eigenvalue weighted by Crippen LogP contribution is -2.42. The van der Waals surface area contributed by atoms with Gasteiger partial charge in [-0.1, -0.05) is 12.8 Å². The van der Waals surface area contributed by atoms with Gasteiger partial charge < -0.3 is 15.0 Å². The van der Waals surface area contributed by atoms with Crippen LogP contribution >= 0.6 is 0 Å². The maximum absolute atomic E-state index is 12.9. The van der Waals surface area contributed by atoms with Gasteiger partial charge >= 0.3 is 0 Å². The van der Waals surface area contributed by atoms with Gasteiger partial charge in [-0.15, -0.1) is 0 Å². The van der Waals surface area contributed by atoms with E-state index in [1.165, 1.54) is 12.8 Å². The lowest BCUT2D eigenvalue weighted by atomic mass is 9.81. The van der Waals surface area contributed by atoms with Crippen LogP contribution in [-0.4, -0.2) is 51.2 Å². The zero-order valence-electron chi connectivity index (χ0n) is 12.4. The summed E-state index contributed by atoms with van der Waals surface area (Å²) in [6, 6.07) is 0. The van der Waals surface area contributed by atoms with E-state index in [4.69, 9.17) is 4.74 Å². The Kier molecular flexibility index (Phi) is 5.22. The predicted molar refractivity (Wildman–Crippen MR) is 76.0 cm³/mol. The number of carbonyl (C=O) groups is 1. The lowest BCUT2D eigenvalue weighted by molar-refractivity contribution is -0.142. The fourth-order valence-electron chi connectivity index (χ4n) is 3.73. The average molecular weight is 268 g/mol. The van der Waals surface area contributed by atoms with E-state index in [2.05, 4.69) is 10.2 Å². The van der Waals surface area contributed by atoms with Crippen LogP contribution in [0.3, 0.4) is 0 Å². The van der Waals surface area contributed by atoms with Crippen LogP contribution in [0.1, 0.15) is 38.5 Å². The molecule has 0 aromatic rings. The predicted octanol–water partition coefficient (Wildman–Crippen LogP) is 1.65. The average Bonchev–Trinajstić information content (AvgIpc) is 3.06. The van der Waals surface area contributed by atoms with Gasteiger partial charge in [0.25, 0.3) is 0 Å². The monoisotopic (exact) mass is 268 g/mol. The highest BCUT2D eigenvalue weighted by molar-refractivity contribution is 5.83. The molecule has 0 aromatic heterocycles. The van der Waals surface area contributed by atoms with Crippen molar-refractivity contribution in [3.05, 3.63) is 0 Å². The van der Waals surface area contributed by atoms with Gasteiger partial charge in [0.15, 0.2) is 0 Å². The number of carbonyl (C=O) groups excluding carboxylic acids is 1. The van der Waals surface area contributed by atoms with Crippen molar-refractivity contribution < 1.29 is 9.53 Å². The van der Waals surface area contributed by atoms with E-state index >= 15 is 0 Å². The van der Waals surface area contributed by atoms with E-state index in [1.807, 2.05) is 7.05 Å². The van der Waals surface area contributed by atoms with E-state index in [0.29, 0.717) is 18.4 Å². The second kappa shape index (κ2) is 6.71. The van der Waals surface area contributed by atoms with Crippen molar-refractivity contribution in [3.63, 3.8) is 0 Å². The number of rotatable bonds is 6. The van der Waals surface area contributed by atoms with Crippen molar-refractivity contribution in [3.8, 4) is 0 Å². The van der Waals surface area contributed by atoms with Crippen LogP contribution in [0.25, 0.3) is 0 Å². The fourth-order valence-corrected chi connectivity index (χ4v) is 3.73. The molecule has 1 N–H and O–H groups in total. The van der Waals surface area contributed by atoms with Crippen LogP contribution in [0.2, 0.25) is 0 Å². The smallest absolute Gasteiger partial charge is 0.228 e. The molecular formula is C15H28N2O2. The first-order chi connectivity index (χ1) is 9.22. The SMILES string of the molecule is CNCC1CCN(C(=O)C2(CCOC)CCCC2)C1. The van der Waals surface area contributed by atoms with Crippen molar-refractivity contribution in [2.75, 3.05) is 40.4 Å². The molecule has 2 fully saturated rings. The number of nitrogens with one attached hydrogen (secondary N) is 1. The number of methoxy groups -OCH3 is 1. The summed E-state index contributed by atoms with van der Waals surface area (Å²) in [5, 5.41) is 3.22. The summed E-state index contributed by atoms with van der Waals surface area (Å²) >= 11 is 0. The number of amides is 1. The number of nitrogens with zero attached hydrogens (tertiary/aromatic N) is 1. The van der Waals surface area contributed by atoms with Crippen LogP contribution < -0.4 is 5.32 Å². The van der Waals surface area contributed by atoms with Gasteiger partial charge in [0.2, 0.25) is 5.91 Å². The van der Waals surface area contributed by atoms with E-state index in [1.54, 1.807) is 7.11 Å². The minimum absolute atomic E-state index is 0.107. The summed E-state index contributed by atoms with van der Waals surface area (Å²) in [7, 11) is 3.72. The molecule has 4 heteroatoms. The minimum atomic E-state index is -0.107. The largest absolute Gasteiger partial charge is 0.385 e. The summed E-state index contributed by atoms with van der Waals surface area (Å²) in [4.78, 5) is 15.0. The highest BCUT2D eigenvalue weighted by Crippen LogP contribution is 2.43. The van der Waals surface area contributed by atoms with E-state index in [9.17, 15) is 4.79 Å². The normalized spacial score (nSPS) is 26.0. The standard InChI is InChI=1S/C15H28N2O2/c1-16-11-13-5-9-17(12-13)14(18)15(8-10-19-2)6-3-4-7-15/h13,16H,3-12H2,1-2H3. The van der Waals surface area contributed by atoms with Crippen molar-refractivity contribution in [2.24, 2.45) is 11.3 Å². The molecule has 2 rings (SSSR count). The second-order valence-corrected chi connectivity index (χ2v) is 6.19. The first-order valence-corrected chi connectivity index (χ1v) is 7.65. The molecule has 19 heavy (non-hydrogen) atoms. The topological polar surface area (TPSA) is 41.6 Å². The number of likely N-dealkylation sites (tertiary alicyclic amines) is 1. The van der Waals surface area contributed by atoms with Crippen molar-refractivity contribution in [2.45, 2.75) is 38.5 Å². The molecule has 4 nitrogen and oxygen atoms in total. The van der Waals surface area contributed by atoms with Crippen LogP contribution in [0, 0.1) is 11.3 Å². The fraction of sp³-hybridized carbons (Fsp3) is 0.933. The van der Waals surface area contributed by atoms with Crippen LogP contribution in [-0.2, 0) is 9.53 Å². The maximum Gasteiger partial charge on any atom is 0.228 e. The molecule has 1 unspecified atom stereocenters. The summed E-state index contributed by atoms with van der Waals surface area (Å²) in [5.41, 5.74) is -0.107. The van der Waals surface area contributed by atoms with Crippen molar-refractivity contribution >= 4 is 5.91 Å². The van der Waals surface area contributed by atoms with Gasteiger partial charge in [0, 0.05) is 26.8 Å². The van der Waals surface area contributed by atoms with Crippen molar-refractivity contribution in [1.29, 1.82) is 0 Å². The molecule has 0 radical (unpaired) electrons. The third-order valence-corrected chi connectivity index (χ3v) is 4.86. The molecule has 1 heterocycles. The van der Waals surface area contributed by atoms with Gasteiger partial charge in [-0.3, -0.25) is 4.79 Å². The molecule has 0 aromatic carbocycles. The summed E-state index contributed by atoms with van der Waals surface area (Å²) in [6.45, 7) is 3.61. The molecule has 110 valence electrons. The van der Waals surface area contributed by atoms with Crippen LogP contribution in [0.4, 0.5) is 0 Å². The number of hydrogen-bond donors (Lipinski definition) is 1. The molecular weight excluding hydrogens is 240 g/mol. The lowest BCUT2D eigenvalue weighted by Gasteiger charge is -2.32. The van der Waals surface area contributed by atoms with Gasteiger partial charge in [-0.25, -0.2) is 0 Å². The quantitative estimate of drug-likeness (QED) is 0.796. The third-order valence-electron chi connectivity index (χ3n) is 4.86. The van der Waals surface area contributed by atoms with E-state index in [0.717, 1.165) is 45.3 Å². The summed E-state index contributed by atoms with van der Waals surface area (Å²) in [6.07, 6.45) is 6.56. The first-order valence-electron chi connectivity index (χ1n) is 7.65. The molecule has 1 aliphatic heterocycles. The van der Waals surface area contributed by atoms with Crippen molar-refractivity contribution in [1.82, 2.24) is 10.2 Å². The van der Waals surface area contributed by atoms with E-state index < -0.39 is 0 Å². The van der Waals surface area contributed by atoms with Gasteiger partial charge in [0.05, 0.1) is 5.41 Å².